The fourth-order valence-corrected chi connectivity index (χ4v) is 3.88. The Labute approximate surface area is 236 Å². The van der Waals surface area contributed by atoms with Gasteiger partial charge < -0.3 is 10.6 Å². The molecule has 0 spiro atoms. The van der Waals surface area contributed by atoms with Crippen molar-refractivity contribution in [2.45, 2.75) is 38.4 Å². The number of halogens is 7. The predicted molar refractivity (Wildman–Crippen MR) is 140 cm³/mol. The Morgan fingerprint density at radius 1 is 0.925 bits per heavy atom. The second-order valence-corrected chi connectivity index (χ2v) is 9.93. The molecule has 0 radical (unpaired) electrons. The Bertz CT molecular complexity index is 1270. The van der Waals surface area contributed by atoms with E-state index in [1.54, 1.807) is 24.3 Å². The SMILES string of the molecule is CC(C)[C@H](CC(=O)[C@@H](NC(=O)/C=C/c1ccc(Cl)c(Cl)c1)c1ccccc1)C(=O)C(F)(F)C(=O)NCC(F)(F)F. The minimum absolute atomic E-state index is 0.245. The maximum absolute atomic E-state index is 14.6. The van der Waals surface area contributed by atoms with Gasteiger partial charge in [0.05, 0.1) is 10.0 Å². The minimum atomic E-state index is -4.97. The number of ketones is 2. The first-order valence-corrected chi connectivity index (χ1v) is 12.6. The van der Waals surface area contributed by atoms with Gasteiger partial charge in [-0.2, -0.15) is 22.0 Å². The van der Waals surface area contributed by atoms with E-state index in [-0.39, 0.29) is 10.6 Å². The van der Waals surface area contributed by atoms with Gasteiger partial charge in [-0.25, -0.2) is 0 Å². The third-order valence-corrected chi connectivity index (χ3v) is 6.46. The lowest BCUT2D eigenvalue weighted by Gasteiger charge is -2.26. The summed E-state index contributed by atoms with van der Waals surface area (Å²) in [4.78, 5) is 50.3. The minimum Gasteiger partial charge on any atom is -0.341 e. The highest BCUT2D eigenvalue weighted by atomic mass is 35.5. The normalized spacial score (nSPS) is 13.7. The van der Waals surface area contributed by atoms with Gasteiger partial charge in [0.1, 0.15) is 12.6 Å². The van der Waals surface area contributed by atoms with Crippen LogP contribution in [0.1, 0.15) is 37.4 Å². The van der Waals surface area contributed by atoms with Crippen LogP contribution in [0.15, 0.2) is 54.6 Å². The Hall–Kier alpha value is -3.31. The molecule has 0 saturated carbocycles. The van der Waals surface area contributed by atoms with Gasteiger partial charge in [-0.3, -0.25) is 19.2 Å². The summed E-state index contributed by atoms with van der Waals surface area (Å²) in [6.45, 7) is 0.628. The molecule has 40 heavy (non-hydrogen) atoms. The molecule has 13 heteroatoms. The molecule has 0 saturated heterocycles. The molecule has 216 valence electrons. The van der Waals surface area contributed by atoms with Crippen molar-refractivity contribution >= 4 is 52.7 Å². The number of alkyl halides is 5. The lowest BCUT2D eigenvalue weighted by molar-refractivity contribution is -0.167. The van der Waals surface area contributed by atoms with Crippen molar-refractivity contribution in [3.05, 3.63) is 75.8 Å². The quantitative estimate of drug-likeness (QED) is 0.177. The number of amides is 2. The summed E-state index contributed by atoms with van der Waals surface area (Å²) in [6.07, 6.45) is -3.30. The van der Waals surface area contributed by atoms with Crippen LogP contribution in [0.25, 0.3) is 6.08 Å². The first-order chi connectivity index (χ1) is 18.5. The van der Waals surface area contributed by atoms with Gasteiger partial charge in [0.25, 0.3) is 5.91 Å². The number of hydrogen-bond acceptors (Lipinski definition) is 4. The van der Waals surface area contributed by atoms with Gasteiger partial charge in [-0.1, -0.05) is 73.4 Å². The van der Waals surface area contributed by atoms with E-state index in [2.05, 4.69) is 5.32 Å². The van der Waals surface area contributed by atoms with E-state index >= 15 is 0 Å². The summed E-state index contributed by atoms with van der Waals surface area (Å²) >= 11 is 11.8. The van der Waals surface area contributed by atoms with Crippen molar-refractivity contribution in [3.8, 4) is 0 Å². The van der Waals surface area contributed by atoms with Crippen LogP contribution in [-0.4, -0.2) is 42.0 Å². The zero-order valence-electron chi connectivity index (χ0n) is 21.2. The van der Waals surface area contributed by atoms with Gasteiger partial charge in [0.2, 0.25) is 11.7 Å². The van der Waals surface area contributed by atoms with Crippen molar-refractivity contribution in [3.63, 3.8) is 0 Å². The van der Waals surface area contributed by atoms with E-state index in [4.69, 9.17) is 23.2 Å². The molecule has 0 aliphatic heterocycles. The summed E-state index contributed by atoms with van der Waals surface area (Å²) < 4.78 is 66.2. The van der Waals surface area contributed by atoms with E-state index in [9.17, 15) is 41.1 Å². The van der Waals surface area contributed by atoms with Crippen molar-refractivity contribution in [1.29, 1.82) is 0 Å². The molecule has 0 aliphatic carbocycles. The van der Waals surface area contributed by atoms with Gasteiger partial charge in [0.15, 0.2) is 5.78 Å². The molecule has 0 heterocycles. The highest BCUT2D eigenvalue weighted by Gasteiger charge is 2.51. The van der Waals surface area contributed by atoms with Crippen LogP contribution >= 0.6 is 23.2 Å². The molecule has 0 unspecified atom stereocenters. The van der Waals surface area contributed by atoms with Crippen LogP contribution in [-0.2, 0) is 19.2 Å². The van der Waals surface area contributed by atoms with Crippen molar-refractivity contribution in [2.75, 3.05) is 6.54 Å². The van der Waals surface area contributed by atoms with Crippen LogP contribution in [0.3, 0.4) is 0 Å². The van der Waals surface area contributed by atoms with E-state index in [0.717, 1.165) is 11.4 Å². The van der Waals surface area contributed by atoms with Crippen molar-refractivity contribution in [2.24, 2.45) is 11.8 Å². The standard InChI is InChI=1S/C27H25Cl2F5N2O4/c1-15(2)18(24(39)27(33,34)25(40)35-14-26(30,31)32)13-21(37)23(17-6-4-3-5-7-17)36-22(38)11-9-16-8-10-19(28)20(29)12-16/h3-12,15,18,23H,13-14H2,1-2H3,(H,35,40)(H,36,38)/b11-9+/t18-,23-/m0/s1. The summed E-state index contributed by atoms with van der Waals surface area (Å²) in [6, 6.07) is 11.0. The molecule has 2 rings (SSSR count). The third-order valence-electron chi connectivity index (χ3n) is 5.72. The molecule has 0 bridgehead atoms. The lowest BCUT2D eigenvalue weighted by atomic mass is 9.82. The summed E-state index contributed by atoms with van der Waals surface area (Å²) in [5.41, 5.74) is 0.803. The number of nitrogens with one attached hydrogen (secondary N) is 2. The number of Topliss-reactive ketones (excluding diaryl/α,β-unsaturated/α-hetero) is 2. The first-order valence-electron chi connectivity index (χ1n) is 11.8. The Kier molecular flexibility index (Phi) is 11.4. The summed E-state index contributed by atoms with van der Waals surface area (Å²) in [7, 11) is 0. The van der Waals surface area contributed by atoms with E-state index in [0.29, 0.717) is 10.6 Å². The summed E-state index contributed by atoms with van der Waals surface area (Å²) in [5, 5.41) is 4.02. The molecule has 6 nitrogen and oxygen atoms in total. The maximum atomic E-state index is 14.6. The maximum Gasteiger partial charge on any atom is 0.405 e. The number of carbonyl (C=O) groups is 4. The second-order valence-electron chi connectivity index (χ2n) is 9.12. The largest absolute Gasteiger partial charge is 0.405 e. The fourth-order valence-electron chi connectivity index (χ4n) is 3.58. The van der Waals surface area contributed by atoms with Crippen LogP contribution < -0.4 is 10.6 Å². The monoisotopic (exact) mass is 606 g/mol. The number of hydrogen-bond donors (Lipinski definition) is 2. The molecular weight excluding hydrogens is 582 g/mol. The molecule has 2 N–H and O–H groups in total. The van der Waals surface area contributed by atoms with E-state index < -0.39 is 66.3 Å². The molecule has 0 aromatic heterocycles. The zero-order valence-corrected chi connectivity index (χ0v) is 22.7. The average Bonchev–Trinajstić information content (AvgIpc) is 2.88. The Morgan fingerprint density at radius 3 is 2.10 bits per heavy atom. The van der Waals surface area contributed by atoms with Gasteiger partial charge in [-0.05, 0) is 35.3 Å². The van der Waals surface area contributed by atoms with Crippen molar-refractivity contribution < 1.29 is 41.1 Å². The van der Waals surface area contributed by atoms with Crippen LogP contribution in [0.5, 0.6) is 0 Å². The highest BCUT2D eigenvalue weighted by Crippen LogP contribution is 2.30. The van der Waals surface area contributed by atoms with Crippen LogP contribution in [0.2, 0.25) is 10.0 Å². The van der Waals surface area contributed by atoms with Crippen molar-refractivity contribution in [1.82, 2.24) is 10.6 Å². The lowest BCUT2D eigenvalue weighted by Crippen LogP contribution is -2.51. The number of carbonyl (C=O) groups excluding carboxylic acids is 4. The first kappa shape index (κ1) is 32.9. The molecular formula is C27H25Cl2F5N2O4. The molecule has 2 aromatic rings. The highest BCUT2D eigenvalue weighted by molar-refractivity contribution is 6.42. The molecule has 2 aromatic carbocycles. The summed E-state index contributed by atoms with van der Waals surface area (Å²) in [5.74, 6) is -13.5. The van der Waals surface area contributed by atoms with Crippen LogP contribution in [0, 0.1) is 11.8 Å². The Morgan fingerprint density at radius 2 is 1.55 bits per heavy atom. The van der Waals surface area contributed by atoms with E-state index in [1.165, 1.54) is 44.2 Å². The van der Waals surface area contributed by atoms with Crippen LogP contribution in [0.4, 0.5) is 22.0 Å². The average molecular weight is 607 g/mol. The third kappa shape index (κ3) is 9.41. The number of benzene rings is 2. The fraction of sp³-hybridized carbons (Fsp3) is 0.333. The second kappa shape index (κ2) is 13.8. The van der Waals surface area contributed by atoms with Gasteiger partial charge in [0, 0.05) is 18.4 Å². The molecule has 2 atom stereocenters. The van der Waals surface area contributed by atoms with E-state index in [1.807, 2.05) is 0 Å². The molecule has 2 amide bonds. The molecule has 0 aliphatic rings. The molecule has 0 fully saturated rings. The Balaban J connectivity index is 2.26. The zero-order chi connectivity index (χ0) is 30.3. The smallest absolute Gasteiger partial charge is 0.341 e. The van der Waals surface area contributed by atoms with Gasteiger partial charge in [-0.15, -0.1) is 0 Å². The topological polar surface area (TPSA) is 92.3 Å². The number of rotatable bonds is 12. The van der Waals surface area contributed by atoms with Gasteiger partial charge >= 0.3 is 12.1 Å². The predicted octanol–water partition coefficient (Wildman–Crippen LogP) is 5.98.